The number of nitrogens with one attached hydrogen (secondary N) is 3. The van der Waals surface area contributed by atoms with Crippen molar-refractivity contribution in [3.05, 3.63) is 4.91 Å². The van der Waals surface area contributed by atoms with Crippen LogP contribution in [0.15, 0.2) is 0 Å². The predicted octanol–water partition coefficient (Wildman–Crippen LogP) is -3.27. The third-order valence-corrected chi connectivity index (χ3v) is 5.19. The van der Waals surface area contributed by atoms with Crippen LogP contribution in [0.5, 0.6) is 0 Å². The Labute approximate surface area is 126 Å². The van der Waals surface area contributed by atoms with Crippen LogP contribution in [0.1, 0.15) is 0 Å². The van der Waals surface area contributed by atoms with Crippen LogP contribution in [0, 0.1) is 4.91 Å². The van der Waals surface area contributed by atoms with Crippen molar-refractivity contribution in [1.82, 2.24) is 24.7 Å². The summed E-state index contributed by atoms with van der Waals surface area (Å²) in [7, 11) is -6.61. The lowest BCUT2D eigenvalue weighted by Crippen LogP contribution is -2.60. The Kier molecular flexibility index (Phi) is 5.16. The first-order valence-electron chi connectivity index (χ1n) is 5.72. The number of carbonyl (C=O) groups is 1. The molecule has 1 saturated heterocycles. The molecule has 2 atom stereocenters. The van der Waals surface area contributed by atoms with Gasteiger partial charge in [0.25, 0.3) is 0 Å². The van der Waals surface area contributed by atoms with Gasteiger partial charge in [-0.2, -0.15) is 8.61 Å². The van der Waals surface area contributed by atoms with E-state index in [1.165, 1.54) is 7.05 Å². The molecule has 15 heteroatoms. The molecule has 2 amide bonds. The lowest BCUT2D eigenvalue weighted by molar-refractivity contribution is -0.837. The van der Waals surface area contributed by atoms with E-state index in [1.54, 1.807) is 0 Å². The van der Waals surface area contributed by atoms with E-state index < -0.39 is 50.1 Å². The molecule has 128 valence electrons. The van der Waals surface area contributed by atoms with Crippen molar-refractivity contribution >= 4 is 26.1 Å². The Morgan fingerprint density at radius 3 is 1.95 bits per heavy atom. The molecule has 1 heterocycles. The van der Waals surface area contributed by atoms with E-state index in [0.717, 1.165) is 12.5 Å². The topological polar surface area (TPSA) is 168 Å². The highest BCUT2D eigenvalue weighted by molar-refractivity contribution is 7.89. The molecule has 22 heavy (non-hydrogen) atoms. The molecule has 1 aliphatic heterocycles. The van der Waals surface area contributed by atoms with Crippen LogP contribution in [0.4, 0.5) is 4.79 Å². The number of hydrogen-bond acceptors (Lipinski definition) is 6. The molecule has 0 saturated carbocycles. The van der Waals surface area contributed by atoms with Crippen molar-refractivity contribution in [3.63, 3.8) is 0 Å². The number of carbonyl (C=O) groups excluding carboxylic acids is 1. The summed E-state index contributed by atoms with van der Waals surface area (Å²) in [5, 5.41) is 12.3. The van der Waals surface area contributed by atoms with Crippen molar-refractivity contribution in [1.29, 1.82) is 0 Å². The zero-order valence-electron chi connectivity index (χ0n) is 11.9. The van der Waals surface area contributed by atoms with E-state index in [9.17, 15) is 26.5 Å². The molecule has 1 fully saturated rings. The number of sulfonamides is 2. The summed E-state index contributed by atoms with van der Waals surface area (Å²) >= 11 is 0. The third-order valence-electron chi connectivity index (χ3n) is 2.80. The number of hydrazine groups is 1. The first kappa shape index (κ1) is 18.3. The van der Waals surface area contributed by atoms with E-state index in [1.807, 2.05) is 5.43 Å². The Hall–Kier alpha value is -1.71. The van der Waals surface area contributed by atoms with Gasteiger partial charge in [-0.25, -0.2) is 26.8 Å². The van der Waals surface area contributed by atoms with E-state index in [0.29, 0.717) is 8.61 Å². The Morgan fingerprint density at radius 2 is 1.59 bits per heavy atom. The zero-order chi connectivity index (χ0) is 17.3. The Morgan fingerprint density at radius 1 is 1.14 bits per heavy atom. The maximum absolute atomic E-state index is 11.8. The molecule has 1 rings (SSSR count). The molecule has 1 aliphatic rings. The van der Waals surface area contributed by atoms with Crippen LogP contribution in [-0.4, -0.2) is 80.3 Å². The molecule has 0 bridgehead atoms. The van der Waals surface area contributed by atoms with Crippen LogP contribution in [-0.2, 0) is 20.0 Å². The summed E-state index contributed by atoms with van der Waals surface area (Å²) in [5.74, 6) is 0. The van der Waals surface area contributed by atoms with Gasteiger partial charge in [-0.3, -0.25) is 0 Å². The van der Waals surface area contributed by atoms with Crippen molar-refractivity contribution in [2.24, 2.45) is 0 Å². The van der Waals surface area contributed by atoms with Gasteiger partial charge in [0.05, 0.1) is 19.2 Å². The summed E-state index contributed by atoms with van der Waals surface area (Å²) in [6, 6.07) is -0.809. The van der Waals surface area contributed by atoms with E-state index in [4.69, 9.17) is 5.21 Å². The van der Waals surface area contributed by atoms with Gasteiger partial charge >= 0.3 is 11.1 Å². The van der Waals surface area contributed by atoms with Crippen LogP contribution >= 0.6 is 0 Å². The molecule has 13 nitrogen and oxygen atoms in total. The summed E-state index contributed by atoms with van der Waals surface area (Å²) in [4.78, 5) is 22.2. The van der Waals surface area contributed by atoms with E-state index in [2.05, 4.69) is 10.6 Å². The molecule has 2 unspecified atom stereocenters. The third kappa shape index (κ3) is 4.15. The number of rotatable bonds is 5. The largest absolute Gasteiger partial charge is 0.356 e. The number of nitrogens with zero attached hydrogens (tertiary/aromatic N) is 3. The molecule has 0 spiro atoms. The fraction of sp³-hybridized carbons (Fsp3) is 0.857. The van der Waals surface area contributed by atoms with E-state index >= 15 is 0 Å². The van der Waals surface area contributed by atoms with Gasteiger partial charge in [-0.1, -0.05) is 5.43 Å². The molecule has 0 aliphatic carbocycles. The van der Waals surface area contributed by atoms with Crippen molar-refractivity contribution in [2.75, 3.05) is 26.2 Å². The quantitative estimate of drug-likeness (QED) is 0.370. The normalized spacial score (nSPS) is 24.0. The zero-order valence-corrected chi connectivity index (χ0v) is 13.5. The second-order valence-corrected chi connectivity index (χ2v) is 8.33. The van der Waals surface area contributed by atoms with Gasteiger partial charge in [0.1, 0.15) is 11.1 Å². The van der Waals surface area contributed by atoms with Crippen LogP contribution < -0.4 is 16.1 Å². The number of hydrogen-bond donors (Lipinski definition) is 4. The van der Waals surface area contributed by atoms with Crippen molar-refractivity contribution in [3.8, 4) is 0 Å². The van der Waals surface area contributed by atoms with Gasteiger partial charge in [-0.15, -0.1) is 0 Å². The summed E-state index contributed by atoms with van der Waals surface area (Å²) in [6.07, 6.45) is -1.39. The van der Waals surface area contributed by atoms with Crippen LogP contribution in [0.2, 0.25) is 0 Å². The van der Waals surface area contributed by atoms with Gasteiger partial charge in [-0.05, 0) is 0 Å². The average Bonchev–Trinajstić information content (AvgIpc) is 2.66. The maximum Gasteiger partial charge on any atom is 0.356 e. The monoisotopic (exact) mass is 361 g/mol. The minimum absolute atomic E-state index is 0.607. The van der Waals surface area contributed by atoms with Crippen LogP contribution in [0.3, 0.4) is 0 Å². The predicted molar refractivity (Wildman–Crippen MR) is 71.9 cm³/mol. The average molecular weight is 361 g/mol. The highest BCUT2D eigenvalue weighted by atomic mass is 32.2. The second-order valence-electron chi connectivity index (χ2n) is 4.46. The summed E-state index contributed by atoms with van der Waals surface area (Å²) < 4.78 is 48.3. The smallest absolute Gasteiger partial charge is 0.341 e. The number of urea groups is 1. The highest BCUT2D eigenvalue weighted by Crippen LogP contribution is 2.22. The standard InChI is InChI=1S/C7H16N6O7S2/c1-8-7(14)9-5-6(10-13(15)16)12(22(3,19)20)4-11(5)21(2,17)18/h5-6,10H,4H2,1-3H3,(H2-,8,9,14,15,16)/p+1. The molecule has 0 aromatic heterocycles. The summed E-state index contributed by atoms with van der Waals surface area (Å²) in [6.45, 7) is -0.641. The SMILES string of the molecule is CNC(=O)NC1C(N[N+](=O)O)N(S(C)(=O)=O)CN1S(C)(=O)=O. The molecule has 0 radical (unpaired) electrons. The lowest BCUT2D eigenvalue weighted by atomic mass is 10.4. The van der Waals surface area contributed by atoms with Gasteiger partial charge in [0, 0.05) is 7.05 Å². The molecule has 0 aromatic rings. The van der Waals surface area contributed by atoms with E-state index in [-0.39, 0.29) is 0 Å². The minimum Gasteiger partial charge on any atom is -0.341 e. The van der Waals surface area contributed by atoms with Crippen molar-refractivity contribution < 1.29 is 31.9 Å². The second kappa shape index (κ2) is 6.19. The fourth-order valence-corrected chi connectivity index (χ4v) is 3.75. The van der Waals surface area contributed by atoms with Crippen LogP contribution in [0.25, 0.3) is 0 Å². The first-order chi connectivity index (χ1) is 9.87. The van der Waals surface area contributed by atoms with Gasteiger partial charge in [0.2, 0.25) is 20.0 Å². The molecular weight excluding hydrogens is 344 g/mol. The maximum atomic E-state index is 11.8. The Bertz CT molecular complexity index is 661. The molecule has 4 N–H and O–H groups in total. The summed E-state index contributed by atoms with van der Waals surface area (Å²) in [5.41, 5.74) is 1.81. The van der Waals surface area contributed by atoms with Gasteiger partial charge in [0.15, 0.2) is 6.17 Å². The first-order valence-corrected chi connectivity index (χ1v) is 9.41. The van der Waals surface area contributed by atoms with Gasteiger partial charge < -0.3 is 10.6 Å². The molecule has 0 aromatic carbocycles. The lowest BCUT2D eigenvalue weighted by Gasteiger charge is -2.24. The number of amides is 2. The molecular formula is C7H17N6O7S2+. The van der Waals surface area contributed by atoms with Crippen molar-refractivity contribution in [2.45, 2.75) is 12.3 Å². The highest BCUT2D eigenvalue weighted by Gasteiger charge is 2.51. The Balaban J connectivity index is 3.31. The fourth-order valence-electron chi connectivity index (χ4n) is 1.86. The minimum atomic E-state index is -3.95.